The van der Waals surface area contributed by atoms with Gasteiger partial charge in [-0.1, -0.05) is 12.5 Å². The van der Waals surface area contributed by atoms with Crippen molar-refractivity contribution < 1.29 is 29.6 Å². The predicted molar refractivity (Wildman–Crippen MR) is 43.2 cm³/mol. The summed E-state index contributed by atoms with van der Waals surface area (Å²) in [6.07, 6.45) is 8.36. The van der Waals surface area contributed by atoms with E-state index in [0.29, 0.717) is 0 Å². The van der Waals surface area contributed by atoms with Crippen LogP contribution in [0.25, 0.3) is 6.08 Å². The van der Waals surface area contributed by atoms with Gasteiger partial charge < -0.3 is 0 Å². The van der Waals surface area contributed by atoms with Crippen LogP contribution in [0.2, 0.25) is 0 Å². The van der Waals surface area contributed by atoms with E-state index in [0.717, 1.165) is 0 Å². The number of allylic oxidation sites excluding steroid dienone is 1. The van der Waals surface area contributed by atoms with Crippen LogP contribution in [-0.2, 0) is 0 Å². The fraction of sp³-hybridized carbons (Fsp3) is 0. The molecule has 1 heteroatoms. The Hall–Kier alpha value is -0.170. The zero-order chi connectivity index (χ0) is 6.81. The van der Waals surface area contributed by atoms with Crippen molar-refractivity contribution in [1.82, 2.24) is 0 Å². The molecule has 0 saturated heterocycles. The molecule has 0 atom stereocenters. The van der Waals surface area contributed by atoms with Crippen LogP contribution in [0.4, 0.5) is 0 Å². The van der Waals surface area contributed by atoms with Crippen LogP contribution in [0.15, 0.2) is 30.3 Å². The molecule has 1 aliphatic carbocycles. The number of hydrogen-bond donors (Lipinski definition) is 0. The van der Waals surface area contributed by atoms with E-state index in [1.807, 2.05) is 0 Å². The molecule has 2 rings (SSSR count). The van der Waals surface area contributed by atoms with E-state index in [1.54, 1.807) is 0 Å². The van der Waals surface area contributed by atoms with Crippen molar-refractivity contribution in [2.75, 3.05) is 0 Å². The van der Waals surface area contributed by atoms with Gasteiger partial charge in [-0.3, -0.25) is 0 Å². The average Bonchev–Trinajstić information content (AvgIpc) is 2.05. The topological polar surface area (TPSA) is 0 Å². The molecule has 0 spiro atoms. The predicted octanol–water partition coefficient (Wildman–Crippen LogP) is -0.526. The maximum Gasteiger partial charge on any atom is 1.00 e. The summed E-state index contributed by atoms with van der Waals surface area (Å²) in [4.78, 5) is 0. The Kier molecular flexibility index (Phi) is 3.25. The Morgan fingerprint density at radius 3 is 2.73 bits per heavy atom. The average molecular weight is 151 g/mol. The number of fused-ring (bicyclic) bond motifs is 1. The summed E-state index contributed by atoms with van der Waals surface area (Å²) in [7, 11) is 0. The van der Waals surface area contributed by atoms with E-state index in [4.69, 9.17) is 0 Å². The molecule has 0 bridgehead atoms. The summed E-state index contributed by atoms with van der Waals surface area (Å²) in [5.41, 5.74) is 2.62. The minimum absolute atomic E-state index is 0. The zero-order valence-corrected chi connectivity index (χ0v) is 8.62. The standard InChI is InChI=1S/C10H8.Na/c1-2-6-10-8-4-3-7-9(10)5-1;/h1-8H;/q-1;+1. The normalized spacial score (nSPS) is 12.7. The summed E-state index contributed by atoms with van der Waals surface area (Å²) in [6, 6.07) is 8.36. The first-order valence-corrected chi connectivity index (χ1v) is 3.40. The van der Waals surface area contributed by atoms with Gasteiger partial charge in [-0.15, -0.1) is 29.8 Å². The van der Waals surface area contributed by atoms with Crippen molar-refractivity contribution >= 4 is 6.08 Å². The summed E-state index contributed by atoms with van der Waals surface area (Å²) in [6.45, 7) is 0. The first-order valence-electron chi connectivity index (χ1n) is 3.40. The minimum atomic E-state index is 0. The monoisotopic (exact) mass is 151 g/mol. The fourth-order valence-corrected chi connectivity index (χ4v) is 1.13. The first kappa shape index (κ1) is 8.92. The van der Waals surface area contributed by atoms with Gasteiger partial charge in [0.2, 0.25) is 0 Å². The fourth-order valence-electron chi connectivity index (χ4n) is 1.13. The van der Waals surface area contributed by atoms with Gasteiger partial charge in [-0.25, -0.2) is 0 Å². The SMILES string of the molecule is [CH]1C=Cc2ccccc2[CH-]1.[Na+]. The third kappa shape index (κ3) is 1.90. The molecule has 0 aliphatic heterocycles. The van der Waals surface area contributed by atoms with E-state index in [1.165, 1.54) is 11.1 Å². The summed E-state index contributed by atoms with van der Waals surface area (Å²) in [5, 5.41) is 0. The van der Waals surface area contributed by atoms with E-state index in [-0.39, 0.29) is 29.6 Å². The van der Waals surface area contributed by atoms with Gasteiger partial charge in [0.25, 0.3) is 0 Å². The van der Waals surface area contributed by atoms with Crippen LogP contribution in [0.1, 0.15) is 11.1 Å². The number of hydrogen-bond acceptors (Lipinski definition) is 0. The summed E-state index contributed by atoms with van der Waals surface area (Å²) in [5.74, 6) is 0. The molecular weight excluding hydrogens is 143 g/mol. The molecule has 0 N–H and O–H groups in total. The number of benzene rings is 1. The van der Waals surface area contributed by atoms with Crippen molar-refractivity contribution in [3.63, 3.8) is 0 Å². The molecule has 0 saturated carbocycles. The van der Waals surface area contributed by atoms with E-state index in [9.17, 15) is 0 Å². The van der Waals surface area contributed by atoms with Crippen molar-refractivity contribution in [3.05, 3.63) is 54.3 Å². The molecule has 1 aromatic carbocycles. The molecule has 0 aromatic heterocycles. The van der Waals surface area contributed by atoms with Crippen molar-refractivity contribution in [1.29, 1.82) is 0 Å². The maximum absolute atomic E-state index is 2.12. The number of rotatable bonds is 0. The summed E-state index contributed by atoms with van der Waals surface area (Å²) >= 11 is 0. The van der Waals surface area contributed by atoms with E-state index in [2.05, 4.69) is 49.3 Å². The largest absolute Gasteiger partial charge is 1.00 e. The minimum Gasteiger partial charge on any atom is -0.184 e. The Balaban J connectivity index is 0.000000605. The second kappa shape index (κ2) is 4.01. The second-order valence-corrected chi connectivity index (χ2v) is 2.35. The molecule has 0 nitrogen and oxygen atoms in total. The van der Waals surface area contributed by atoms with Gasteiger partial charge >= 0.3 is 29.6 Å². The summed E-state index contributed by atoms with van der Waals surface area (Å²) < 4.78 is 0. The second-order valence-electron chi connectivity index (χ2n) is 2.35. The molecule has 1 aliphatic rings. The van der Waals surface area contributed by atoms with Crippen LogP contribution in [0.5, 0.6) is 0 Å². The van der Waals surface area contributed by atoms with Gasteiger partial charge in [-0.05, 0) is 0 Å². The Morgan fingerprint density at radius 2 is 1.91 bits per heavy atom. The van der Waals surface area contributed by atoms with Crippen LogP contribution < -0.4 is 29.6 Å². The molecule has 0 unspecified atom stereocenters. The Labute approximate surface area is 89.6 Å². The zero-order valence-electron chi connectivity index (χ0n) is 6.62. The van der Waals surface area contributed by atoms with Gasteiger partial charge in [0.15, 0.2) is 0 Å². The third-order valence-corrected chi connectivity index (χ3v) is 1.66. The molecule has 1 radical (unpaired) electrons. The molecule has 11 heavy (non-hydrogen) atoms. The van der Waals surface area contributed by atoms with Gasteiger partial charge in [-0.2, -0.15) is 18.1 Å². The molecule has 0 heterocycles. The van der Waals surface area contributed by atoms with Crippen LogP contribution in [-0.4, -0.2) is 0 Å². The van der Waals surface area contributed by atoms with Crippen LogP contribution in [0.3, 0.4) is 0 Å². The smallest absolute Gasteiger partial charge is 0.184 e. The van der Waals surface area contributed by atoms with Crippen molar-refractivity contribution in [3.8, 4) is 0 Å². The van der Waals surface area contributed by atoms with Crippen LogP contribution >= 0.6 is 0 Å². The van der Waals surface area contributed by atoms with Crippen molar-refractivity contribution in [2.45, 2.75) is 0 Å². The molecule has 0 amide bonds. The molecule has 0 fully saturated rings. The molecule has 49 valence electrons. The quantitative estimate of drug-likeness (QED) is 0.345. The Morgan fingerprint density at radius 1 is 1.09 bits per heavy atom. The van der Waals surface area contributed by atoms with Gasteiger partial charge in [0.1, 0.15) is 0 Å². The van der Waals surface area contributed by atoms with Crippen LogP contribution in [0, 0.1) is 12.8 Å². The Bertz CT molecular complexity index is 263. The third-order valence-electron chi connectivity index (χ3n) is 1.66. The van der Waals surface area contributed by atoms with Gasteiger partial charge in [0, 0.05) is 0 Å². The van der Waals surface area contributed by atoms with E-state index < -0.39 is 0 Å². The van der Waals surface area contributed by atoms with E-state index >= 15 is 0 Å². The first-order chi connectivity index (χ1) is 4.97. The van der Waals surface area contributed by atoms with Crippen molar-refractivity contribution in [2.24, 2.45) is 0 Å². The van der Waals surface area contributed by atoms with Gasteiger partial charge in [0.05, 0.1) is 0 Å². The molecular formula is C10H8Na. The maximum atomic E-state index is 2.12. The molecule has 1 aromatic rings.